The smallest absolute Gasteiger partial charge is 0.104 e. The number of hydrogen-bond acceptors (Lipinski definition) is 1. The van der Waals surface area contributed by atoms with Crippen molar-refractivity contribution in [3.63, 3.8) is 0 Å². The average Bonchev–Trinajstić information content (AvgIpc) is 2.45. The Kier molecular flexibility index (Phi) is 3.39. The molecule has 0 unspecified atom stereocenters. The lowest BCUT2D eigenvalue weighted by Crippen LogP contribution is -1.76. The lowest BCUT2D eigenvalue weighted by molar-refractivity contribution is 0.484. The van der Waals surface area contributed by atoms with E-state index in [9.17, 15) is 0 Å². The van der Waals surface area contributed by atoms with Gasteiger partial charge in [0, 0.05) is 6.42 Å². The molecule has 1 heterocycles. The topological polar surface area (TPSA) is 13.1 Å². The fourth-order valence-electron chi connectivity index (χ4n) is 1.04. The summed E-state index contributed by atoms with van der Waals surface area (Å²) < 4.78 is 5.40. The third-order valence-corrected chi connectivity index (χ3v) is 1.63. The highest BCUT2D eigenvalue weighted by Crippen LogP contribution is 2.08. The van der Waals surface area contributed by atoms with Crippen molar-refractivity contribution in [2.24, 2.45) is 0 Å². The zero-order valence-electron chi connectivity index (χ0n) is 7.42. The maximum Gasteiger partial charge on any atom is 0.104 e. The molecule has 1 heteroatoms. The Morgan fingerprint density at radius 1 is 1.50 bits per heavy atom. The maximum atomic E-state index is 5.40. The van der Waals surface area contributed by atoms with Crippen LogP contribution in [0.1, 0.15) is 17.9 Å². The standard InChI is InChI=1S/C11H14O/c1-3-4-5-6-7-11-9-8-10(2)12-11/h3-5,8-9H,1,6-7H2,2H3. The summed E-state index contributed by atoms with van der Waals surface area (Å²) in [5.74, 6) is 2.04. The predicted molar refractivity (Wildman–Crippen MR) is 51.1 cm³/mol. The van der Waals surface area contributed by atoms with Crippen molar-refractivity contribution in [3.8, 4) is 0 Å². The third-order valence-electron chi connectivity index (χ3n) is 1.63. The molecule has 0 aliphatic rings. The van der Waals surface area contributed by atoms with E-state index in [-0.39, 0.29) is 0 Å². The summed E-state index contributed by atoms with van der Waals surface area (Å²) in [7, 11) is 0. The van der Waals surface area contributed by atoms with E-state index >= 15 is 0 Å². The minimum absolute atomic E-state index is 0.970. The molecule has 0 saturated carbocycles. The van der Waals surface area contributed by atoms with Gasteiger partial charge in [0.1, 0.15) is 11.5 Å². The minimum Gasteiger partial charge on any atom is -0.466 e. The van der Waals surface area contributed by atoms with Crippen LogP contribution < -0.4 is 0 Å². The van der Waals surface area contributed by atoms with Gasteiger partial charge in [-0.3, -0.25) is 0 Å². The van der Waals surface area contributed by atoms with Gasteiger partial charge in [0.05, 0.1) is 0 Å². The van der Waals surface area contributed by atoms with Crippen LogP contribution in [0, 0.1) is 6.92 Å². The average molecular weight is 162 g/mol. The summed E-state index contributed by atoms with van der Waals surface area (Å²) >= 11 is 0. The van der Waals surface area contributed by atoms with Crippen LogP contribution in [0.5, 0.6) is 0 Å². The fraction of sp³-hybridized carbons (Fsp3) is 0.273. The van der Waals surface area contributed by atoms with Crippen LogP contribution in [-0.4, -0.2) is 0 Å². The van der Waals surface area contributed by atoms with Gasteiger partial charge in [0.2, 0.25) is 0 Å². The first-order valence-corrected chi connectivity index (χ1v) is 4.16. The van der Waals surface area contributed by atoms with E-state index in [4.69, 9.17) is 4.42 Å². The molecule has 0 aromatic carbocycles. The minimum atomic E-state index is 0.970. The van der Waals surface area contributed by atoms with E-state index in [0.29, 0.717) is 0 Å². The first-order chi connectivity index (χ1) is 5.83. The zero-order valence-corrected chi connectivity index (χ0v) is 7.42. The van der Waals surface area contributed by atoms with Crippen LogP contribution in [0.25, 0.3) is 0 Å². The molecule has 0 spiro atoms. The molecule has 12 heavy (non-hydrogen) atoms. The molecule has 1 rings (SSSR count). The van der Waals surface area contributed by atoms with Gasteiger partial charge >= 0.3 is 0 Å². The number of aryl methyl sites for hydroxylation is 2. The van der Waals surface area contributed by atoms with Gasteiger partial charge in [-0.1, -0.05) is 24.8 Å². The van der Waals surface area contributed by atoms with Gasteiger partial charge in [-0.15, -0.1) is 0 Å². The van der Waals surface area contributed by atoms with Crippen LogP contribution in [0.2, 0.25) is 0 Å². The molecular weight excluding hydrogens is 148 g/mol. The van der Waals surface area contributed by atoms with Crippen LogP contribution in [0.3, 0.4) is 0 Å². The van der Waals surface area contributed by atoms with Gasteiger partial charge < -0.3 is 4.42 Å². The number of allylic oxidation sites excluding steroid dienone is 3. The molecule has 0 atom stereocenters. The van der Waals surface area contributed by atoms with E-state index in [0.717, 1.165) is 24.4 Å². The second-order valence-electron chi connectivity index (χ2n) is 2.71. The van der Waals surface area contributed by atoms with Crippen LogP contribution in [-0.2, 0) is 6.42 Å². The summed E-state index contributed by atoms with van der Waals surface area (Å²) in [5, 5.41) is 0. The van der Waals surface area contributed by atoms with Crippen LogP contribution in [0.4, 0.5) is 0 Å². The highest BCUT2D eigenvalue weighted by atomic mass is 16.3. The van der Waals surface area contributed by atoms with Crippen molar-refractivity contribution in [2.45, 2.75) is 19.8 Å². The molecule has 0 aliphatic carbocycles. The van der Waals surface area contributed by atoms with Gasteiger partial charge in [-0.25, -0.2) is 0 Å². The van der Waals surface area contributed by atoms with Gasteiger partial charge in [-0.05, 0) is 25.5 Å². The second kappa shape index (κ2) is 4.60. The Bertz CT molecular complexity index is 268. The summed E-state index contributed by atoms with van der Waals surface area (Å²) in [6.07, 6.45) is 7.81. The summed E-state index contributed by atoms with van der Waals surface area (Å²) in [4.78, 5) is 0. The molecule has 1 nitrogen and oxygen atoms in total. The first-order valence-electron chi connectivity index (χ1n) is 4.16. The summed E-state index contributed by atoms with van der Waals surface area (Å²) in [6, 6.07) is 4.02. The van der Waals surface area contributed by atoms with Crippen molar-refractivity contribution in [3.05, 3.63) is 48.5 Å². The van der Waals surface area contributed by atoms with Crippen LogP contribution in [0.15, 0.2) is 41.4 Å². The van der Waals surface area contributed by atoms with Gasteiger partial charge in [-0.2, -0.15) is 0 Å². The predicted octanol–water partition coefficient (Wildman–Crippen LogP) is 3.26. The van der Waals surface area contributed by atoms with Crippen molar-refractivity contribution in [2.75, 3.05) is 0 Å². The van der Waals surface area contributed by atoms with E-state index in [1.54, 1.807) is 6.08 Å². The normalized spacial score (nSPS) is 10.8. The Hall–Kier alpha value is -1.24. The first kappa shape index (κ1) is 8.85. The molecule has 64 valence electrons. The monoisotopic (exact) mass is 162 g/mol. The molecular formula is C11H14O. The van der Waals surface area contributed by atoms with E-state index < -0.39 is 0 Å². The van der Waals surface area contributed by atoms with Gasteiger partial charge in [0.15, 0.2) is 0 Å². The SMILES string of the molecule is C=CC=CCCc1ccc(C)o1. The highest BCUT2D eigenvalue weighted by molar-refractivity contribution is 5.07. The molecule has 1 aromatic rings. The third kappa shape index (κ3) is 2.79. The maximum absolute atomic E-state index is 5.40. The molecule has 0 amide bonds. The molecule has 0 radical (unpaired) electrons. The number of hydrogen-bond donors (Lipinski definition) is 0. The van der Waals surface area contributed by atoms with Crippen molar-refractivity contribution in [1.29, 1.82) is 0 Å². The highest BCUT2D eigenvalue weighted by Gasteiger charge is 1.95. The van der Waals surface area contributed by atoms with Crippen molar-refractivity contribution < 1.29 is 4.42 Å². The summed E-state index contributed by atoms with van der Waals surface area (Å²) in [6.45, 7) is 5.56. The fourth-order valence-corrected chi connectivity index (χ4v) is 1.04. The van der Waals surface area contributed by atoms with E-state index in [1.807, 2.05) is 25.1 Å². The number of rotatable bonds is 4. The van der Waals surface area contributed by atoms with Gasteiger partial charge in [0.25, 0.3) is 0 Å². The number of furan rings is 1. The Balaban J connectivity index is 2.33. The molecule has 0 fully saturated rings. The second-order valence-corrected chi connectivity index (χ2v) is 2.71. The Morgan fingerprint density at radius 2 is 2.33 bits per heavy atom. The van der Waals surface area contributed by atoms with Crippen LogP contribution >= 0.6 is 0 Å². The summed E-state index contributed by atoms with van der Waals surface area (Å²) in [5.41, 5.74) is 0. The zero-order chi connectivity index (χ0) is 8.81. The Labute approximate surface area is 73.4 Å². The van der Waals surface area contributed by atoms with Crippen molar-refractivity contribution >= 4 is 0 Å². The molecule has 0 aliphatic heterocycles. The largest absolute Gasteiger partial charge is 0.466 e. The molecule has 0 saturated heterocycles. The van der Waals surface area contributed by atoms with E-state index in [1.165, 1.54) is 0 Å². The molecule has 1 aromatic heterocycles. The quantitative estimate of drug-likeness (QED) is 0.619. The Morgan fingerprint density at radius 3 is 2.92 bits per heavy atom. The van der Waals surface area contributed by atoms with Crippen molar-refractivity contribution in [1.82, 2.24) is 0 Å². The van der Waals surface area contributed by atoms with E-state index in [2.05, 4.69) is 12.7 Å². The lowest BCUT2D eigenvalue weighted by Gasteiger charge is -1.90. The lowest BCUT2D eigenvalue weighted by atomic mass is 10.2. The molecule has 0 N–H and O–H groups in total. The molecule has 0 bridgehead atoms.